The number of anilines is 1. The quantitative estimate of drug-likeness (QED) is 0.830. The Morgan fingerprint density at radius 1 is 1.12 bits per heavy atom. The Labute approximate surface area is 140 Å². The van der Waals surface area contributed by atoms with Crippen LogP contribution in [0, 0.1) is 0 Å². The van der Waals surface area contributed by atoms with Gasteiger partial charge in [0.1, 0.15) is 0 Å². The zero-order valence-corrected chi connectivity index (χ0v) is 13.0. The maximum absolute atomic E-state index is 12.4. The molecular formula is C16H12F3NO3S. The average molecular weight is 355 g/mol. The summed E-state index contributed by atoms with van der Waals surface area (Å²) in [6, 6.07) is 11.1. The maximum atomic E-state index is 12.4. The number of thioether (sulfide) groups is 1. The van der Waals surface area contributed by atoms with Crippen LogP contribution in [0.25, 0.3) is 0 Å². The molecule has 1 amide bonds. The van der Waals surface area contributed by atoms with Crippen LogP contribution in [0.3, 0.4) is 0 Å². The van der Waals surface area contributed by atoms with Crippen molar-refractivity contribution in [1.29, 1.82) is 0 Å². The van der Waals surface area contributed by atoms with Crippen molar-refractivity contribution in [2.24, 2.45) is 0 Å². The van der Waals surface area contributed by atoms with Gasteiger partial charge in [-0.15, -0.1) is 11.8 Å². The normalized spacial score (nSPS) is 13.0. The van der Waals surface area contributed by atoms with Crippen LogP contribution >= 0.6 is 11.8 Å². The second-order valence-electron chi connectivity index (χ2n) is 4.92. The number of carbonyl (C=O) groups is 1. The Hall–Kier alpha value is -2.35. The lowest BCUT2D eigenvalue weighted by Crippen LogP contribution is -2.14. The first-order chi connectivity index (χ1) is 11.4. The molecule has 126 valence electrons. The van der Waals surface area contributed by atoms with Crippen molar-refractivity contribution in [2.45, 2.75) is 11.1 Å². The molecular weight excluding hydrogens is 343 g/mol. The molecule has 2 aromatic carbocycles. The van der Waals surface area contributed by atoms with E-state index in [2.05, 4.69) is 5.32 Å². The highest BCUT2D eigenvalue weighted by molar-refractivity contribution is 7.99. The van der Waals surface area contributed by atoms with Gasteiger partial charge in [0.25, 0.3) is 5.91 Å². The standard InChI is InChI=1S/C16H12F3NO3S/c17-16(18,19)8-24-14-4-2-1-3-11(14)20-15(21)10-5-6-12-13(7-10)23-9-22-12/h1-7H,8-9H2,(H,20,21). The van der Waals surface area contributed by atoms with Gasteiger partial charge in [-0.3, -0.25) is 4.79 Å². The number of alkyl halides is 3. The number of para-hydroxylation sites is 1. The molecule has 4 nitrogen and oxygen atoms in total. The highest BCUT2D eigenvalue weighted by Crippen LogP contribution is 2.34. The maximum Gasteiger partial charge on any atom is 0.398 e. The minimum absolute atomic E-state index is 0.0946. The summed E-state index contributed by atoms with van der Waals surface area (Å²) < 4.78 is 47.6. The predicted octanol–water partition coefficient (Wildman–Crippen LogP) is 4.32. The van der Waals surface area contributed by atoms with E-state index in [-0.39, 0.29) is 6.79 Å². The molecule has 0 atom stereocenters. The highest BCUT2D eigenvalue weighted by atomic mass is 32.2. The van der Waals surface area contributed by atoms with Gasteiger partial charge in [0.2, 0.25) is 6.79 Å². The van der Waals surface area contributed by atoms with Crippen molar-refractivity contribution < 1.29 is 27.4 Å². The third-order valence-electron chi connectivity index (χ3n) is 3.16. The lowest BCUT2D eigenvalue weighted by Gasteiger charge is -2.12. The summed E-state index contributed by atoms with van der Waals surface area (Å²) in [5.41, 5.74) is 0.657. The van der Waals surface area contributed by atoms with Crippen LogP contribution < -0.4 is 14.8 Å². The number of ether oxygens (including phenoxy) is 2. The molecule has 24 heavy (non-hydrogen) atoms. The molecule has 1 heterocycles. The Morgan fingerprint density at radius 3 is 2.67 bits per heavy atom. The largest absolute Gasteiger partial charge is 0.454 e. The molecule has 0 radical (unpaired) electrons. The SMILES string of the molecule is O=C(Nc1ccccc1SCC(F)(F)F)c1ccc2c(c1)OCO2. The molecule has 0 unspecified atom stereocenters. The molecule has 0 bridgehead atoms. The van der Waals surface area contributed by atoms with E-state index in [1.165, 1.54) is 12.1 Å². The fraction of sp³-hybridized carbons (Fsp3) is 0.188. The van der Waals surface area contributed by atoms with Crippen LogP contribution in [0.4, 0.5) is 18.9 Å². The highest BCUT2D eigenvalue weighted by Gasteiger charge is 2.27. The summed E-state index contributed by atoms with van der Waals surface area (Å²) in [7, 11) is 0. The molecule has 3 rings (SSSR count). The van der Waals surface area contributed by atoms with Crippen molar-refractivity contribution in [1.82, 2.24) is 0 Å². The lowest BCUT2D eigenvalue weighted by molar-refractivity contribution is -0.105. The second-order valence-corrected chi connectivity index (χ2v) is 5.94. The molecule has 2 aromatic rings. The molecule has 0 saturated heterocycles. The first-order valence-electron chi connectivity index (χ1n) is 6.92. The number of amides is 1. The van der Waals surface area contributed by atoms with Crippen LogP contribution in [0.15, 0.2) is 47.4 Å². The lowest BCUT2D eigenvalue weighted by atomic mass is 10.2. The monoisotopic (exact) mass is 355 g/mol. The molecule has 8 heteroatoms. The molecule has 1 aliphatic rings. The van der Waals surface area contributed by atoms with E-state index in [0.717, 1.165) is 0 Å². The number of benzene rings is 2. The van der Waals surface area contributed by atoms with Gasteiger partial charge in [0.05, 0.1) is 11.4 Å². The molecule has 1 aliphatic heterocycles. The first-order valence-corrected chi connectivity index (χ1v) is 7.90. The van der Waals surface area contributed by atoms with Crippen LogP contribution in [0.5, 0.6) is 11.5 Å². The van der Waals surface area contributed by atoms with Gasteiger partial charge < -0.3 is 14.8 Å². The molecule has 0 aromatic heterocycles. The van der Waals surface area contributed by atoms with Gasteiger partial charge in [0.15, 0.2) is 11.5 Å². The van der Waals surface area contributed by atoms with Gasteiger partial charge in [-0.2, -0.15) is 13.2 Å². The van der Waals surface area contributed by atoms with Crippen molar-refractivity contribution in [3.05, 3.63) is 48.0 Å². The van der Waals surface area contributed by atoms with E-state index < -0.39 is 17.8 Å². The molecule has 1 N–H and O–H groups in total. The topological polar surface area (TPSA) is 47.6 Å². The van der Waals surface area contributed by atoms with Crippen LogP contribution in [-0.2, 0) is 0 Å². The van der Waals surface area contributed by atoms with E-state index in [0.29, 0.717) is 39.4 Å². The Morgan fingerprint density at radius 2 is 1.88 bits per heavy atom. The van der Waals surface area contributed by atoms with Gasteiger partial charge in [-0.25, -0.2) is 0 Å². The van der Waals surface area contributed by atoms with Gasteiger partial charge in [0, 0.05) is 10.5 Å². The molecule has 0 fully saturated rings. The Bertz CT molecular complexity index is 764. The van der Waals surface area contributed by atoms with Crippen molar-refractivity contribution in [2.75, 3.05) is 17.9 Å². The second kappa shape index (κ2) is 6.64. The van der Waals surface area contributed by atoms with Gasteiger partial charge >= 0.3 is 6.18 Å². The Balaban J connectivity index is 1.75. The van der Waals surface area contributed by atoms with Crippen LogP contribution in [0.1, 0.15) is 10.4 Å². The van der Waals surface area contributed by atoms with Crippen LogP contribution in [0.2, 0.25) is 0 Å². The third kappa shape index (κ3) is 3.94. The minimum atomic E-state index is -4.28. The van der Waals surface area contributed by atoms with Crippen molar-refractivity contribution >= 4 is 23.4 Å². The zero-order chi connectivity index (χ0) is 17.2. The fourth-order valence-electron chi connectivity index (χ4n) is 2.09. The fourth-order valence-corrected chi connectivity index (χ4v) is 2.86. The average Bonchev–Trinajstić information content (AvgIpc) is 3.00. The summed E-state index contributed by atoms with van der Waals surface area (Å²) >= 11 is 0.627. The number of nitrogens with one attached hydrogen (secondary N) is 1. The summed E-state index contributed by atoms with van der Waals surface area (Å²) in [5.74, 6) is -0.451. The molecule has 0 saturated carbocycles. The molecule has 0 spiro atoms. The summed E-state index contributed by atoms with van der Waals surface area (Å²) in [6.07, 6.45) is -4.28. The summed E-state index contributed by atoms with van der Waals surface area (Å²) in [4.78, 5) is 12.7. The Kier molecular flexibility index (Phi) is 4.57. The van der Waals surface area contributed by atoms with E-state index in [1.54, 1.807) is 30.3 Å². The number of carbonyl (C=O) groups excluding carboxylic acids is 1. The number of halogens is 3. The van der Waals surface area contributed by atoms with Crippen molar-refractivity contribution in [3.8, 4) is 11.5 Å². The number of rotatable bonds is 4. The smallest absolute Gasteiger partial charge is 0.398 e. The van der Waals surface area contributed by atoms with Gasteiger partial charge in [-0.05, 0) is 30.3 Å². The zero-order valence-electron chi connectivity index (χ0n) is 12.2. The van der Waals surface area contributed by atoms with Gasteiger partial charge in [-0.1, -0.05) is 12.1 Å². The first kappa shape index (κ1) is 16.5. The number of hydrogen-bond donors (Lipinski definition) is 1. The third-order valence-corrected chi connectivity index (χ3v) is 4.30. The number of fused-ring (bicyclic) bond motifs is 1. The molecule has 0 aliphatic carbocycles. The summed E-state index contributed by atoms with van der Waals surface area (Å²) in [5, 5.41) is 2.63. The van der Waals surface area contributed by atoms with E-state index in [9.17, 15) is 18.0 Å². The predicted molar refractivity (Wildman–Crippen MR) is 83.7 cm³/mol. The van der Waals surface area contributed by atoms with E-state index in [1.807, 2.05) is 0 Å². The van der Waals surface area contributed by atoms with E-state index >= 15 is 0 Å². The summed E-state index contributed by atoms with van der Waals surface area (Å²) in [6.45, 7) is 0.0946. The number of hydrogen-bond acceptors (Lipinski definition) is 4. The van der Waals surface area contributed by atoms with Crippen LogP contribution in [-0.4, -0.2) is 24.6 Å². The van der Waals surface area contributed by atoms with E-state index in [4.69, 9.17) is 9.47 Å². The van der Waals surface area contributed by atoms with Crippen molar-refractivity contribution in [3.63, 3.8) is 0 Å². The minimum Gasteiger partial charge on any atom is -0.454 e.